The van der Waals surface area contributed by atoms with Crippen molar-refractivity contribution in [3.05, 3.63) is 59.8 Å². The lowest BCUT2D eigenvalue weighted by Crippen LogP contribution is -2.31. The maximum absolute atomic E-state index is 12.9. The Morgan fingerprint density at radius 2 is 2.10 bits per heavy atom. The number of nitrogens with zero attached hydrogens (tertiary/aromatic N) is 2. The Bertz CT molecular complexity index is 650. The van der Waals surface area contributed by atoms with Crippen molar-refractivity contribution in [1.29, 1.82) is 0 Å². The van der Waals surface area contributed by atoms with E-state index in [1.54, 1.807) is 24.3 Å². The SMILES string of the molecule is NC(=O)N1N=C(c2ccc(F)cc2)CC1c1ccco1. The molecular weight excluding hydrogens is 261 g/mol. The quantitative estimate of drug-likeness (QED) is 0.913. The molecule has 1 aromatic carbocycles. The van der Waals surface area contributed by atoms with E-state index < -0.39 is 6.03 Å². The van der Waals surface area contributed by atoms with Crippen LogP contribution in [0.3, 0.4) is 0 Å². The molecule has 2 N–H and O–H groups in total. The Balaban J connectivity index is 1.92. The number of primary amides is 1. The van der Waals surface area contributed by atoms with E-state index in [0.717, 1.165) is 5.56 Å². The van der Waals surface area contributed by atoms with Crippen molar-refractivity contribution in [2.45, 2.75) is 12.5 Å². The number of urea groups is 1. The summed E-state index contributed by atoms with van der Waals surface area (Å²) in [5, 5.41) is 5.41. The van der Waals surface area contributed by atoms with Crippen molar-refractivity contribution in [2.24, 2.45) is 10.8 Å². The van der Waals surface area contributed by atoms with Crippen LogP contribution in [0, 0.1) is 5.82 Å². The van der Waals surface area contributed by atoms with Gasteiger partial charge in [-0.3, -0.25) is 0 Å². The molecule has 1 aliphatic rings. The highest BCUT2D eigenvalue weighted by molar-refractivity contribution is 6.02. The van der Waals surface area contributed by atoms with Crippen LogP contribution >= 0.6 is 0 Å². The topological polar surface area (TPSA) is 71.8 Å². The monoisotopic (exact) mass is 273 g/mol. The fraction of sp³-hybridized carbons (Fsp3) is 0.143. The molecule has 3 rings (SSSR count). The first-order valence-corrected chi connectivity index (χ1v) is 6.10. The summed E-state index contributed by atoms with van der Waals surface area (Å²) >= 11 is 0. The summed E-state index contributed by atoms with van der Waals surface area (Å²) in [7, 11) is 0. The fourth-order valence-electron chi connectivity index (χ4n) is 2.23. The lowest BCUT2D eigenvalue weighted by molar-refractivity contribution is 0.188. The van der Waals surface area contributed by atoms with Gasteiger partial charge in [0.1, 0.15) is 17.6 Å². The molecule has 1 unspecified atom stereocenters. The van der Waals surface area contributed by atoms with Crippen LogP contribution in [0.2, 0.25) is 0 Å². The number of halogens is 1. The van der Waals surface area contributed by atoms with Crippen LogP contribution in [0.15, 0.2) is 52.2 Å². The zero-order valence-electron chi connectivity index (χ0n) is 10.5. The molecule has 0 fully saturated rings. The molecule has 102 valence electrons. The van der Waals surface area contributed by atoms with Crippen molar-refractivity contribution in [1.82, 2.24) is 5.01 Å². The van der Waals surface area contributed by atoms with Crippen LogP contribution in [0.25, 0.3) is 0 Å². The Hall–Kier alpha value is -2.63. The number of hydrazone groups is 1. The lowest BCUT2D eigenvalue weighted by atomic mass is 10.0. The summed E-state index contributed by atoms with van der Waals surface area (Å²) in [6.07, 6.45) is 2.01. The normalized spacial score (nSPS) is 18.1. The predicted octanol–water partition coefficient (Wildman–Crippen LogP) is 2.65. The van der Waals surface area contributed by atoms with E-state index in [-0.39, 0.29) is 11.9 Å². The molecule has 1 aromatic heterocycles. The molecule has 2 amide bonds. The summed E-state index contributed by atoms with van der Waals surface area (Å²) in [5.74, 6) is 0.298. The molecule has 0 radical (unpaired) electrons. The number of carbonyl (C=O) groups is 1. The van der Waals surface area contributed by atoms with Gasteiger partial charge in [0, 0.05) is 6.42 Å². The second-order valence-electron chi connectivity index (χ2n) is 4.47. The molecule has 2 aromatic rings. The third-order valence-corrected chi connectivity index (χ3v) is 3.19. The number of rotatable bonds is 2. The van der Waals surface area contributed by atoms with Gasteiger partial charge in [-0.05, 0) is 29.8 Å². The van der Waals surface area contributed by atoms with Crippen LogP contribution in [0.1, 0.15) is 23.8 Å². The summed E-state index contributed by atoms with van der Waals surface area (Å²) in [5.41, 5.74) is 6.76. The van der Waals surface area contributed by atoms with Crippen molar-refractivity contribution in [3.63, 3.8) is 0 Å². The third kappa shape index (κ3) is 2.16. The van der Waals surface area contributed by atoms with E-state index in [0.29, 0.717) is 17.9 Å². The van der Waals surface area contributed by atoms with Gasteiger partial charge in [-0.1, -0.05) is 12.1 Å². The number of furan rings is 1. The van der Waals surface area contributed by atoms with Gasteiger partial charge in [0.05, 0.1) is 12.0 Å². The molecule has 1 atom stereocenters. The maximum atomic E-state index is 12.9. The molecule has 0 spiro atoms. The van der Waals surface area contributed by atoms with E-state index in [2.05, 4.69) is 5.10 Å². The second-order valence-corrected chi connectivity index (χ2v) is 4.47. The Labute approximate surface area is 114 Å². The number of hydrogen-bond donors (Lipinski definition) is 1. The van der Waals surface area contributed by atoms with Gasteiger partial charge in [-0.15, -0.1) is 0 Å². The third-order valence-electron chi connectivity index (χ3n) is 3.19. The van der Waals surface area contributed by atoms with E-state index in [1.807, 2.05) is 0 Å². The zero-order valence-corrected chi connectivity index (χ0v) is 10.5. The molecular formula is C14H12FN3O2. The molecule has 5 nitrogen and oxygen atoms in total. The zero-order chi connectivity index (χ0) is 14.1. The average Bonchev–Trinajstić information content (AvgIpc) is 3.08. The first-order chi connectivity index (χ1) is 9.65. The molecule has 20 heavy (non-hydrogen) atoms. The Morgan fingerprint density at radius 3 is 2.70 bits per heavy atom. The van der Waals surface area contributed by atoms with Crippen LogP contribution in [0.4, 0.5) is 9.18 Å². The van der Waals surface area contributed by atoms with Gasteiger partial charge in [0.2, 0.25) is 0 Å². The highest BCUT2D eigenvalue weighted by atomic mass is 19.1. The Kier molecular flexibility index (Phi) is 2.98. The lowest BCUT2D eigenvalue weighted by Gasteiger charge is -2.16. The van der Waals surface area contributed by atoms with E-state index >= 15 is 0 Å². The van der Waals surface area contributed by atoms with Gasteiger partial charge < -0.3 is 10.2 Å². The molecule has 0 bridgehead atoms. The fourth-order valence-corrected chi connectivity index (χ4v) is 2.23. The van der Waals surface area contributed by atoms with Crippen molar-refractivity contribution in [2.75, 3.05) is 0 Å². The van der Waals surface area contributed by atoms with Gasteiger partial charge in [0.15, 0.2) is 0 Å². The molecule has 2 heterocycles. The van der Waals surface area contributed by atoms with Crippen molar-refractivity contribution < 1.29 is 13.6 Å². The van der Waals surface area contributed by atoms with Gasteiger partial charge in [-0.25, -0.2) is 14.2 Å². The highest BCUT2D eigenvalue weighted by Crippen LogP contribution is 2.32. The van der Waals surface area contributed by atoms with Gasteiger partial charge in [-0.2, -0.15) is 5.10 Å². The van der Waals surface area contributed by atoms with Crippen LogP contribution in [0.5, 0.6) is 0 Å². The molecule has 6 heteroatoms. The van der Waals surface area contributed by atoms with Crippen molar-refractivity contribution in [3.8, 4) is 0 Å². The van der Waals surface area contributed by atoms with Crippen molar-refractivity contribution >= 4 is 11.7 Å². The molecule has 1 aliphatic heterocycles. The predicted molar refractivity (Wildman–Crippen MR) is 70.4 cm³/mol. The molecule has 0 saturated heterocycles. The van der Waals surface area contributed by atoms with Gasteiger partial charge >= 0.3 is 6.03 Å². The van der Waals surface area contributed by atoms with Crippen LogP contribution in [-0.4, -0.2) is 16.8 Å². The minimum absolute atomic E-state index is 0.318. The van der Waals surface area contributed by atoms with Crippen LogP contribution in [-0.2, 0) is 0 Å². The average molecular weight is 273 g/mol. The van der Waals surface area contributed by atoms with E-state index in [9.17, 15) is 9.18 Å². The first kappa shape index (κ1) is 12.4. The summed E-state index contributed by atoms with van der Waals surface area (Å²) in [4.78, 5) is 11.5. The minimum Gasteiger partial charge on any atom is -0.467 e. The number of nitrogens with two attached hydrogens (primary N) is 1. The molecule has 0 aliphatic carbocycles. The number of amides is 2. The second kappa shape index (κ2) is 4.80. The number of hydrogen-bond acceptors (Lipinski definition) is 3. The smallest absolute Gasteiger partial charge is 0.335 e. The summed E-state index contributed by atoms with van der Waals surface area (Å²) in [6, 6.07) is 8.45. The molecule has 0 saturated carbocycles. The summed E-state index contributed by atoms with van der Waals surface area (Å²) in [6.45, 7) is 0. The largest absolute Gasteiger partial charge is 0.467 e. The summed E-state index contributed by atoms with van der Waals surface area (Å²) < 4.78 is 18.3. The van der Waals surface area contributed by atoms with E-state index in [1.165, 1.54) is 23.4 Å². The minimum atomic E-state index is -0.650. The number of carbonyl (C=O) groups excluding carboxylic acids is 1. The first-order valence-electron chi connectivity index (χ1n) is 6.10. The van der Waals surface area contributed by atoms with Gasteiger partial charge in [0.25, 0.3) is 0 Å². The highest BCUT2D eigenvalue weighted by Gasteiger charge is 2.33. The maximum Gasteiger partial charge on any atom is 0.335 e. The number of benzene rings is 1. The van der Waals surface area contributed by atoms with Crippen LogP contribution < -0.4 is 5.73 Å². The van der Waals surface area contributed by atoms with E-state index in [4.69, 9.17) is 10.2 Å². The standard InChI is InChI=1S/C14H12FN3O2/c15-10-5-3-9(4-6-10)11-8-12(13-2-1-7-20-13)18(17-11)14(16)19/h1-7,12H,8H2,(H2,16,19). The Morgan fingerprint density at radius 1 is 1.35 bits per heavy atom.